The first-order valence-electron chi connectivity index (χ1n) is 6.06. The molecule has 0 saturated carbocycles. The van der Waals surface area contributed by atoms with E-state index in [4.69, 9.17) is 0 Å². The third-order valence-electron chi connectivity index (χ3n) is 3.35. The molecule has 0 aromatic carbocycles. The van der Waals surface area contributed by atoms with Gasteiger partial charge in [-0.25, -0.2) is 0 Å². The summed E-state index contributed by atoms with van der Waals surface area (Å²) in [7, 11) is -0.412. The van der Waals surface area contributed by atoms with Crippen molar-refractivity contribution in [2.75, 3.05) is 0 Å². The molecule has 1 aliphatic rings. The molecule has 0 atom stereocenters. The Bertz CT molecular complexity index is 405. The zero-order valence-electron chi connectivity index (χ0n) is 11.0. The number of ketones is 1. The Kier molecular flexibility index (Phi) is 3.12. The molecule has 17 heavy (non-hydrogen) atoms. The first-order chi connectivity index (χ1) is 7.83. The Hall–Kier alpha value is -0.750. The molecule has 1 saturated heterocycles. The molecular formula is C14H20NOP. The van der Waals surface area contributed by atoms with Crippen molar-refractivity contribution in [2.45, 2.75) is 50.8 Å². The number of aromatic nitrogens is 1. The summed E-state index contributed by atoms with van der Waals surface area (Å²) in [5.74, 6) is 0.398. The minimum Gasteiger partial charge on any atom is -0.300 e. The molecule has 0 amide bonds. The lowest BCUT2D eigenvalue weighted by Gasteiger charge is -2.48. The lowest BCUT2D eigenvalue weighted by atomic mass is 9.97. The van der Waals surface area contributed by atoms with Crippen LogP contribution >= 0.6 is 7.92 Å². The van der Waals surface area contributed by atoms with Crippen LogP contribution in [0, 0.1) is 0 Å². The van der Waals surface area contributed by atoms with Crippen LogP contribution in [-0.4, -0.2) is 21.1 Å². The van der Waals surface area contributed by atoms with Crippen molar-refractivity contribution >= 4 is 19.1 Å². The highest BCUT2D eigenvalue weighted by Gasteiger charge is 2.48. The summed E-state index contributed by atoms with van der Waals surface area (Å²) in [6.45, 7) is 8.86. The van der Waals surface area contributed by atoms with Crippen molar-refractivity contribution in [1.29, 1.82) is 0 Å². The van der Waals surface area contributed by atoms with Crippen LogP contribution in [0.1, 0.15) is 40.5 Å². The Morgan fingerprint density at radius 3 is 2.18 bits per heavy atom. The van der Waals surface area contributed by atoms with Gasteiger partial charge in [0.2, 0.25) is 0 Å². The Balaban J connectivity index is 2.45. The van der Waals surface area contributed by atoms with Gasteiger partial charge in [-0.2, -0.15) is 0 Å². The summed E-state index contributed by atoms with van der Waals surface area (Å²) in [5.41, 5.74) is 1.19. The molecule has 0 bridgehead atoms. The van der Waals surface area contributed by atoms with Crippen LogP contribution in [0.3, 0.4) is 0 Å². The smallest absolute Gasteiger partial charge is 0.134 e. The van der Waals surface area contributed by atoms with Crippen molar-refractivity contribution in [3.8, 4) is 0 Å². The number of Topliss-reactive ketones (excluding diaryl/α,β-unsaturated/α-hetero) is 1. The van der Waals surface area contributed by atoms with Gasteiger partial charge in [0.25, 0.3) is 0 Å². The van der Waals surface area contributed by atoms with Crippen molar-refractivity contribution in [2.24, 2.45) is 0 Å². The fraction of sp³-hybridized carbons (Fsp3) is 0.571. The number of pyridine rings is 1. The number of carbonyl (C=O) groups excluding carboxylic acids is 1. The zero-order chi connectivity index (χ0) is 12.7. The van der Waals surface area contributed by atoms with Gasteiger partial charge in [-0.05, 0) is 30.4 Å². The maximum atomic E-state index is 11.9. The van der Waals surface area contributed by atoms with Gasteiger partial charge in [0.05, 0.1) is 5.44 Å². The minimum absolute atomic E-state index is 0.0581. The average molecular weight is 249 g/mol. The van der Waals surface area contributed by atoms with Crippen molar-refractivity contribution < 1.29 is 4.79 Å². The molecule has 0 N–H and O–H groups in total. The van der Waals surface area contributed by atoms with Gasteiger partial charge in [0.1, 0.15) is 5.78 Å². The summed E-state index contributed by atoms with van der Waals surface area (Å²) in [6, 6.07) is 6.12. The Morgan fingerprint density at radius 1 is 1.12 bits per heavy atom. The second-order valence-electron chi connectivity index (χ2n) is 6.04. The maximum Gasteiger partial charge on any atom is 0.134 e. The van der Waals surface area contributed by atoms with E-state index in [1.54, 1.807) is 0 Å². The molecule has 2 nitrogen and oxygen atoms in total. The molecule has 0 spiro atoms. The molecule has 1 fully saturated rings. The molecule has 3 heteroatoms. The number of hydrogen-bond acceptors (Lipinski definition) is 2. The largest absolute Gasteiger partial charge is 0.300 e. The van der Waals surface area contributed by atoms with Crippen LogP contribution < -0.4 is 5.44 Å². The first kappa shape index (κ1) is 12.7. The quantitative estimate of drug-likeness (QED) is 0.716. The highest BCUT2D eigenvalue weighted by molar-refractivity contribution is 7.68. The highest BCUT2D eigenvalue weighted by atomic mass is 31.1. The summed E-state index contributed by atoms with van der Waals surface area (Å²) in [5, 5.41) is 0.116. The molecule has 0 aliphatic carbocycles. The molecule has 1 aromatic heterocycles. The molecule has 0 radical (unpaired) electrons. The second-order valence-corrected chi connectivity index (χ2v) is 9.59. The van der Waals surface area contributed by atoms with Gasteiger partial charge in [0, 0.05) is 19.0 Å². The molecule has 1 aromatic rings. The van der Waals surface area contributed by atoms with Gasteiger partial charge in [-0.3, -0.25) is 9.78 Å². The van der Waals surface area contributed by atoms with Crippen LogP contribution in [0.4, 0.5) is 0 Å². The van der Waals surface area contributed by atoms with Gasteiger partial charge in [0.15, 0.2) is 0 Å². The van der Waals surface area contributed by atoms with E-state index >= 15 is 0 Å². The van der Waals surface area contributed by atoms with Crippen LogP contribution in [-0.2, 0) is 4.79 Å². The van der Waals surface area contributed by atoms with E-state index in [2.05, 4.69) is 38.7 Å². The van der Waals surface area contributed by atoms with E-state index in [0.29, 0.717) is 18.6 Å². The number of hydrogen-bond donors (Lipinski definition) is 0. The van der Waals surface area contributed by atoms with Crippen molar-refractivity contribution in [3.63, 3.8) is 0 Å². The second kappa shape index (κ2) is 4.17. The van der Waals surface area contributed by atoms with E-state index in [-0.39, 0.29) is 10.3 Å². The van der Waals surface area contributed by atoms with E-state index in [0.717, 1.165) is 0 Å². The summed E-state index contributed by atoms with van der Waals surface area (Å²) < 4.78 is 0. The van der Waals surface area contributed by atoms with E-state index in [1.807, 2.05) is 18.3 Å². The number of rotatable bonds is 1. The summed E-state index contributed by atoms with van der Waals surface area (Å²) >= 11 is 0. The van der Waals surface area contributed by atoms with Gasteiger partial charge < -0.3 is 0 Å². The highest BCUT2D eigenvalue weighted by Crippen LogP contribution is 2.63. The molecular weight excluding hydrogens is 229 g/mol. The molecule has 1 aliphatic heterocycles. The van der Waals surface area contributed by atoms with Crippen LogP contribution in [0.5, 0.6) is 0 Å². The predicted octanol–water partition coefficient (Wildman–Crippen LogP) is 3.11. The number of carbonyl (C=O) groups is 1. The lowest BCUT2D eigenvalue weighted by molar-refractivity contribution is -0.120. The lowest BCUT2D eigenvalue weighted by Crippen LogP contribution is -2.43. The Labute approximate surface area is 105 Å². The molecule has 2 rings (SSSR count). The third-order valence-corrected chi connectivity index (χ3v) is 6.81. The van der Waals surface area contributed by atoms with Crippen LogP contribution in [0.2, 0.25) is 0 Å². The monoisotopic (exact) mass is 249 g/mol. The topological polar surface area (TPSA) is 30.0 Å². The van der Waals surface area contributed by atoms with Crippen molar-refractivity contribution in [1.82, 2.24) is 4.98 Å². The van der Waals surface area contributed by atoms with E-state index < -0.39 is 7.92 Å². The fourth-order valence-corrected chi connectivity index (χ4v) is 7.08. The predicted molar refractivity (Wildman–Crippen MR) is 73.2 cm³/mol. The SMILES string of the molecule is CC1(C)CC(=O)CC(C)(C)P1c1ccccn1. The molecule has 0 unspecified atom stereocenters. The standard InChI is InChI=1S/C14H20NOP/c1-13(2)9-11(16)10-14(3,4)17(13)12-7-5-6-8-15-12/h5-8H,9-10H2,1-4H3. The Morgan fingerprint density at radius 2 is 1.71 bits per heavy atom. The molecule has 2 heterocycles. The number of nitrogens with zero attached hydrogens (tertiary/aromatic N) is 1. The van der Waals surface area contributed by atoms with E-state index in [9.17, 15) is 4.79 Å². The van der Waals surface area contributed by atoms with Crippen LogP contribution in [0.25, 0.3) is 0 Å². The summed E-state index contributed by atoms with van der Waals surface area (Å²) in [4.78, 5) is 16.4. The minimum atomic E-state index is -0.412. The van der Waals surface area contributed by atoms with Gasteiger partial charge in [-0.1, -0.05) is 33.8 Å². The van der Waals surface area contributed by atoms with Gasteiger partial charge >= 0.3 is 0 Å². The maximum absolute atomic E-state index is 11.9. The molecule has 92 valence electrons. The first-order valence-corrected chi connectivity index (χ1v) is 7.40. The summed E-state index contributed by atoms with van der Waals surface area (Å²) in [6.07, 6.45) is 3.25. The van der Waals surface area contributed by atoms with Crippen molar-refractivity contribution in [3.05, 3.63) is 24.4 Å². The van der Waals surface area contributed by atoms with Crippen LogP contribution in [0.15, 0.2) is 24.4 Å². The van der Waals surface area contributed by atoms with E-state index in [1.165, 1.54) is 5.44 Å². The normalized spacial score (nSPS) is 23.6. The zero-order valence-corrected chi connectivity index (χ0v) is 11.9. The third kappa shape index (κ3) is 2.42. The average Bonchev–Trinajstić information content (AvgIpc) is 2.14. The fourth-order valence-electron chi connectivity index (χ4n) is 3.11. The van der Waals surface area contributed by atoms with Gasteiger partial charge in [-0.15, -0.1) is 0 Å².